The molecular weight excluding hydrogens is 352 g/mol. The van der Waals surface area contributed by atoms with Gasteiger partial charge < -0.3 is 4.79 Å². The van der Waals surface area contributed by atoms with Crippen LogP contribution < -0.4 is 0 Å². The third-order valence-electron chi connectivity index (χ3n) is 10.6. The van der Waals surface area contributed by atoms with Crippen molar-refractivity contribution >= 4 is 6.29 Å². The quantitative estimate of drug-likeness (QED) is 0.331. The topological polar surface area (TPSA) is 17.1 Å². The zero-order valence-electron chi connectivity index (χ0n) is 19.8. The van der Waals surface area contributed by atoms with Crippen LogP contribution in [-0.2, 0) is 4.79 Å². The average Bonchev–Trinajstić information content (AvgIpc) is 3.04. The minimum Gasteiger partial charge on any atom is -0.303 e. The lowest BCUT2D eigenvalue weighted by atomic mass is 9.43. The summed E-state index contributed by atoms with van der Waals surface area (Å²) in [5, 5.41) is 0. The van der Waals surface area contributed by atoms with E-state index in [1.54, 1.807) is 0 Å². The van der Waals surface area contributed by atoms with Crippen LogP contribution in [0.5, 0.6) is 0 Å². The van der Waals surface area contributed by atoms with Gasteiger partial charge in [0.1, 0.15) is 6.29 Å². The molecule has 0 aliphatic heterocycles. The Bertz CT molecular complexity index is 620. The minimum atomic E-state index is 0.266. The molecule has 0 amide bonds. The van der Waals surface area contributed by atoms with Crippen molar-refractivity contribution in [3.63, 3.8) is 0 Å². The molecular formula is C28H46O. The molecule has 4 aliphatic carbocycles. The van der Waals surface area contributed by atoms with Gasteiger partial charge in [0.2, 0.25) is 0 Å². The lowest BCUT2D eigenvalue weighted by Crippen LogP contribution is -2.55. The molecule has 4 aliphatic rings. The number of carbonyl (C=O) groups is 1. The fraction of sp³-hybridized carbons (Fsp3) is 0.893. The van der Waals surface area contributed by atoms with Crippen molar-refractivity contribution in [3.8, 4) is 0 Å². The Hall–Kier alpha value is -0.590. The molecule has 3 saturated carbocycles. The highest BCUT2D eigenvalue weighted by atomic mass is 16.1. The van der Waals surface area contributed by atoms with Gasteiger partial charge in [0.25, 0.3) is 0 Å². The summed E-state index contributed by atoms with van der Waals surface area (Å²) in [6.45, 7) is 12.5. The van der Waals surface area contributed by atoms with E-state index in [-0.39, 0.29) is 5.92 Å². The molecule has 1 nitrogen and oxygen atoms in total. The Morgan fingerprint density at radius 2 is 1.76 bits per heavy atom. The molecule has 0 saturated heterocycles. The van der Waals surface area contributed by atoms with Gasteiger partial charge >= 0.3 is 0 Å². The molecule has 0 aromatic carbocycles. The molecule has 0 spiro atoms. The van der Waals surface area contributed by atoms with Crippen molar-refractivity contribution in [1.82, 2.24) is 0 Å². The molecule has 0 aromatic rings. The fourth-order valence-electron chi connectivity index (χ4n) is 9.15. The standard InChI is InChI=1S/C28H46O/c1-19(2)9-8-10-20(3)23-12-13-25-22-17-21(18-29)24-11-6-7-15-27(24,4)26(22)14-16-28(23,25)5/h6,11,18-26H,7-10,12-17H2,1-5H3/t20-,21+,22+,23-,24?,25+,26+,27+,28-/m1/s1. The van der Waals surface area contributed by atoms with Gasteiger partial charge in [0.05, 0.1) is 0 Å². The molecule has 1 heteroatoms. The second kappa shape index (κ2) is 8.16. The summed E-state index contributed by atoms with van der Waals surface area (Å²) in [5.74, 6) is 5.90. The minimum absolute atomic E-state index is 0.266. The lowest BCUT2D eigenvalue weighted by molar-refractivity contribution is -0.134. The van der Waals surface area contributed by atoms with E-state index in [9.17, 15) is 4.79 Å². The van der Waals surface area contributed by atoms with Crippen LogP contribution in [0.3, 0.4) is 0 Å². The van der Waals surface area contributed by atoms with Crippen LogP contribution in [0.4, 0.5) is 0 Å². The molecule has 29 heavy (non-hydrogen) atoms. The van der Waals surface area contributed by atoms with Crippen LogP contribution in [0, 0.1) is 58.2 Å². The molecule has 164 valence electrons. The maximum atomic E-state index is 12.1. The first-order valence-electron chi connectivity index (χ1n) is 12.9. The van der Waals surface area contributed by atoms with E-state index in [4.69, 9.17) is 0 Å². The first-order chi connectivity index (χ1) is 13.8. The van der Waals surface area contributed by atoms with E-state index in [1.807, 2.05) is 0 Å². The summed E-state index contributed by atoms with van der Waals surface area (Å²) in [5.41, 5.74) is 0.894. The van der Waals surface area contributed by atoms with Crippen molar-refractivity contribution in [2.24, 2.45) is 58.2 Å². The van der Waals surface area contributed by atoms with E-state index in [0.29, 0.717) is 16.7 Å². The number of fused-ring (bicyclic) bond motifs is 5. The lowest BCUT2D eigenvalue weighted by Gasteiger charge is -2.61. The van der Waals surface area contributed by atoms with Gasteiger partial charge in [-0.25, -0.2) is 0 Å². The maximum absolute atomic E-state index is 12.1. The number of hydrogen-bond acceptors (Lipinski definition) is 1. The summed E-state index contributed by atoms with van der Waals surface area (Å²) in [6.07, 6.45) is 19.8. The van der Waals surface area contributed by atoms with Crippen LogP contribution in [0.2, 0.25) is 0 Å². The second-order valence-corrected chi connectivity index (χ2v) is 12.4. The third-order valence-corrected chi connectivity index (χ3v) is 10.6. The summed E-state index contributed by atoms with van der Waals surface area (Å²) in [7, 11) is 0. The molecule has 9 atom stereocenters. The van der Waals surface area contributed by atoms with E-state index in [1.165, 1.54) is 70.5 Å². The number of carbonyl (C=O) groups excluding carboxylic acids is 1. The number of allylic oxidation sites excluding steroid dienone is 2. The number of rotatable bonds is 6. The Kier molecular flexibility index (Phi) is 6.09. The van der Waals surface area contributed by atoms with Gasteiger partial charge in [-0.1, -0.05) is 66.0 Å². The van der Waals surface area contributed by atoms with Crippen LogP contribution in [0.15, 0.2) is 12.2 Å². The average molecular weight is 399 g/mol. The molecule has 3 fully saturated rings. The van der Waals surface area contributed by atoms with Crippen LogP contribution in [-0.4, -0.2) is 6.29 Å². The van der Waals surface area contributed by atoms with Crippen LogP contribution in [0.1, 0.15) is 98.8 Å². The van der Waals surface area contributed by atoms with E-state index >= 15 is 0 Å². The largest absolute Gasteiger partial charge is 0.303 e. The molecule has 0 heterocycles. The van der Waals surface area contributed by atoms with Crippen LogP contribution >= 0.6 is 0 Å². The van der Waals surface area contributed by atoms with Gasteiger partial charge in [-0.2, -0.15) is 0 Å². The number of hydrogen-bond donors (Lipinski definition) is 0. The second-order valence-electron chi connectivity index (χ2n) is 12.4. The highest BCUT2D eigenvalue weighted by Gasteiger charge is 2.61. The van der Waals surface area contributed by atoms with Crippen LogP contribution in [0.25, 0.3) is 0 Å². The van der Waals surface area contributed by atoms with Crippen molar-refractivity contribution in [1.29, 1.82) is 0 Å². The van der Waals surface area contributed by atoms with E-state index in [0.717, 1.165) is 35.5 Å². The highest BCUT2D eigenvalue weighted by Crippen LogP contribution is 2.68. The monoisotopic (exact) mass is 398 g/mol. The fourth-order valence-corrected chi connectivity index (χ4v) is 9.15. The Balaban J connectivity index is 1.53. The molecule has 4 rings (SSSR count). The highest BCUT2D eigenvalue weighted by molar-refractivity contribution is 5.56. The Labute approximate surface area is 180 Å². The van der Waals surface area contributed by atoms with Gasteiger partial charge in [0, 0.05) is 5.92 Å². The van der Waals surface area contributed by atoms with Gasteiger partial charge in [-0.05, 0) is 97.2 Å². The number of aldehydes is 1. The van der Waals surface area contributed by atoms with Crippen molar-refractivity contribution in [3.05, 3.63) is 12.2 Å². The summed E-state index contributed by atoms with van der Waals surface area (Å²) < 4.78 is 0. The van der Waals surface area contributed by atoms with Gasteiger partial charge in [0.15, 0.2) is 0 Å². The predicted octanol–water partition coefficient (Wildman–Crippen LogP) is 7.70. The summed E-state index contributed by atoms with van der Waals surface area (Å²) in [6, 6.07) is 0. The first-order valence-corrected chi connectivity index (χ1v) is 12.9. The third kappa shape index (κ3) is 3.57. The molecule has 0 N–H and O–H groups in total. The summed E-state index contributed by atoms with van der Waals surface area (Å²) >= 11 is 0. The smallest absolute Gasteiger partial charge is 0.123 e. The molecule has 0 aromatic heterocycles. The van der Waals surface area contributed by atoms with E-state index in [2.05, 4.69) is 46.8 Å². The maximum Gasteiger partial charge on any atom is 0.123 e. The molecule has 1 unspecified atom stereocenters. The molecule has 0 radical (unpaired) electrons. The Morgan fingerprint density at radius 1 is 1.00 bits per heavy atom. The SMILES string of the molecule is CC(C)CCC[C@@H](C)[C@H]1CC[C@H]2[C@@H]3C[C@@H](C=O)C4C=CCC[C@]4(C)[C@H]3CC[C@]12C. The summed E-state index contributed by atoms with van der Waals surface area (Å²) in [4.78, 5) is 12.1. The first kappa shape index (κ1) is 21.6. The normalized spacial score (nSPS) is 47.4. The zero-order valence-corrected chi connectivity index (χ0v) is 19.8. The predicted molar refractivity (Wildman–Crippen MR) is 123 cm³/mol. The zero-order chi connectivity index (χ0) is 20.8. The molecule has 0 bridgehead atoms. The van der Waals surface area contributed by atoms with E-state index < -0.39 is 0 Å². The van der Waals surface area contributed by atoms with Gasteiger partial charge in [-0.3, -0.25) is 0 Å². The van der Waals surface area contributed by atoms with Crippen molar-refractivity contribution < 1.29 is 4.79 Å². The van der Waals surface area contributed by atoms with Gasteiger partial charge in [-0.15, -0.1) is 0 Å². The van der Waals surface area contributed by atoms with Crippen molar-refractivity contribution in [2.75, 3.05) is 0 Å². The van der Waals surface area contributed by atoms with Crippen molar-refractivity contribution in [2.45, 2.75) is 98.8 Å². The Morgan fingerprint density at radius 3 is 2.48 bits per heavy atom.